The molecule has 0 heterocycles. The largest absolute Gasteiger partial charge is 0.478 e. The second-order valence-electron chi connectivity index (χ2n) is 4.95. The van der Waals surface area contributed by atoms with E-state index in [9.17, 15) is 18.4 Å². The van der Waals surface area contributed by atoms with Gasteiger partial charge in [0.15, 0.2) is 0 Å². The molecular formula is C17H18F2I2O9S. The van der Waals surface area contributed by atoms with Crippen molar-refractivity contribution < 1.29 is 50.8 Å². The fourth-order valence-corrected chi connectivity index (χ4v) is 2.60. The summed E-state index contributed by atoms with van der Waals surface area (Å²) in [6, 6.07) is 6.64. The Bertz CT molecular complexity index is 991. The molecule has 0 unspecified atom stereocenters. The summed E-state index contributed by atoms with van der Waals surface area (Å²) >= 11 is 3.58. The molecule has 0 fully saturated rings. The number of hydrogen-bond acceptors (Lipinski definition) is 6. The van der Waals surface area contributed by atoms with Gasteiger partial charge in [0, 0.05) is 14.3 Å². The molecule has 0 saturated carbocycles. The van der Waals surface area contributed by atoms with E-state index in [2.05, 4.69) is 4.74 Å². The number of aromatic carboxylic acids is 1. The average Bonchev–Trinajstić information content (AvgIpc) is 2.67. The first-order chi connectivity index (χ1) is 14.2. The summed E-state index contributed by atoms with van der Waals surface area (Å²) in [6.07, 6.45) is 0. The Morgan fingerprint density at radius 1 is 0.968 bits per heavy atom. The zero-order chi connectivity index (χ0) is 24.9. The lowest BCUT2D eigenvalue weighted by Gasteiger charge is -2.01. The number of hydrogen-bond donors (Lipinski definition) is 4. The number of carboxylic acids is 1. The van der Waals surface area contributed by atoms with E-state index in [-0.39, 0.29) is 17.2 Å². The number of rotatable bonds is 2. The molecule has 0 atom stereocenters. The Kier molecular flexibility index (Phi) is 15.7. The molecule has 2 rings (SSSR count). The third-order valence-corrected chi connectivity index (χ3v) is 4.49. The minimum absolute atomic E-state index is 0.154. The number of halogens is 4. The average molecular weight is 690 g/mol. The van der Waals surface area contributed by atoms with E-state index in [4.69, 9.17) is 27.7 Å². The highest BCUT2D eigenvalue weighted by Gasteiger charge is 2.10. The minimum Gasteiger partial charge on any atom is -0.478 e. The van der Waals surface area contributed by atoms with Crippen molar-refractivity contribution >= 4 is 67.5 Å². The quantitative estimate of drug-likeness (QED) is 0.210. The van der Waals surface area contributed by atoms with Gasteiger partial charge < -0.3 is 14.9 Å². The van der Waals surface area contributed by atoms with Crippen molar-refractivity contribution in [1.29, 1.82) is 0 Å². The number of aliphatic hydroxyl groups excluding tert-OH is 1. The topological polar surface area (TPSA) is 158 Å². The van der Waals surface area contributed by atoms with E-state index >= 15 is 0 Å². The van der Waals surface area contributed by atoms with Gasteiger partial charge in [0.2, 0.25) is 0 Å². The maximum atomic E-state index is 12.8. The maximum absolute atomic E-state index is 12.8. The first-order valence-electron chi connectivity index (χ1n) is 7.54. The SMILES string of the molecule is CO.COC(=O)c1ccc(F)c(I)c1.Cc1cc(F)c(I)cc1C(=O)O.O=S(=O)(O)O. The van der Waals surface area contributed by atoms with E-state index in [0.717, 1.165) is 7.11 Å². The van der Waals surface area contributed by atoms with Crippen LogP contribution in [0.15, 0.2) is 30.3 Å². The molecule has 0 radical (unpaired) electrons. The summed E-state index contributed by atoms with van der Waals surface area (Å²) in [5.74, 6) is -2.18. The Hall–Kier alpha value is -1.47. The zero-order valence-electron chi connectivity index (χ0n) is 16.1. The lowest BCUT2D eigenvalue weighted by molar-refractivity contribution is 0.0599. The normalized spacial score (nSPS) is 9.61. The first kappa shape index (κ1) is 31.7. The number of aliphatic hydroxyl groups is 1. The van der Waals surface area contributed by atoms with Crippen LogP contribution in [0, 0.1) is 25.7 Å². The van der Waals surface area contributed by atoms with Crippen LogP contribution in [0.1, 0.15) is 26.3 Å². The molecule has 4 N–H and O–H groups in total. The lowest BCUT2D eigenvalue weighted by atomic mass is 10.1. The molecule has 0 bridgehead atoms. The molecule has 0 aliphatic heterocycles. The van der Waals surface area contributed by atoms with Gasteiger partial charge in [-0.2, -0.15) is 8.42 Å². The van der Waals surface area contributed by atoms with Gasteiger partial charge in [0.1, 0.15) is 11.6 Å². The molecule has 31 heavy (non-hydrogen) atoms. The highest BCUT2D eigenvalue weighted by molar-refractivity contribution is 14.1. The summed E-state index contributed by atoms with van der Waals surface area (Å²) in [5, 5.41) is 15.7. The molecule has 9 nitrogen and oxygen atoms in total. The predicted molar refractivity (Wildman–Crippen MR) is 124 cm³/mol. The van der Waals surface area contributed by atoms with Gasteiger partial charge in [-0.15, -0.1) is 0 Å². The second-order valence-corrected chi connectivity index (χ2v) is 8.17. The van der Waals surface area contributed by atoms with Crippen LogP contribution in [0.4, 0.5) is 8.78 Å². The van der Waals surface area contributed by atoms with Crippen LogP contribution in [0.2, 0.25) is 0 Å². The molecule has 0 aliphatic carbocycles. The smallest absolute Gasteiger partial charge is 0.394 e. The van der Waals surface area contributed by atoms with Crippen molar-refractivity contribution in [2.45, 2.75) is 6.92 Å². The highest BCUT2D eigenvalue weighted by Crippen LogP contribution is 2.17. The van der Waals surface area contributed by atoms with Gasteiger partial charge in [-0.1, -0.05) is 0 Å². The standard InChI is InChI=1S/2C8H6FIO2.CH4O.H2O4S/c1-4-2-6(9)7(10)3-5(4)8(11)12;1-12-8(11)5-2-3-6(9)7(10)4-5;1-2;1-5(2,3)4/h2-3H,1H3,(H,11,12);2-4H,1H3;2H,1H3;(H2,1,2,3,4). The third-order valence-electron chi connectivity index (χ3n) is 2.84. The van der Waals surface area contributed by atoms with Crippen molar-refractivity contribution in [1.82, 2.24) is 0 Å². The van der Waals surface area contributed by atoms with E-state index < -0.39 is 22.3 Å². The molecule has 0 saturated heterocycles. The lowest BCUT2D eigenvalue weighted by Crippen LogP contribution is -2.01. The van der Waals surface area contributed by atoms with Gasteiger partial charge in [0.05, 0.1) is 18.2 Å². The van der Waals surface area contributed by atoms with Crippen LogP contribution in [-0.2, 0) is 15.1 Å². The zero-order valence-corrected chi connectivity index (χ0v) is 21.3. The number of ether oxygens (including phenoxy) is 1. The molecule has 14 heteroatoms. The summed E-state index contributed by atoms with van der Waals surface area (Å²) in [6.45, 7) is 1.57. The Balaban J connectivity index is 0. The van der Waals surface area contributed by atoms with E-state index in [1.54, 1.807) is 29.5 Å². The van der Waals surface area contributed by atoms with Crippen molar-refractivity contribution in [3.63, 3.8) is 0 Å². The fourth-order valence-electron chi connectivity index (χ4n) is 1.62. The molecule has 2 aromatic carbocycles. The van der Waals surface area contributed by atoms with E-state index in [1.807, 2.05) is 22.6 Å². The predicted octanol–water partition coefficient (Wildman–Crippen LogP) is 3.61. The second kappa shape index (κ2) is 15.4. The molecule has 0 amide bonds. The molecule has 0 aliphatic rings. The monoisotopic (exact) mass is 690 g/mol. The summed E-state index contributed by atoms with van der Waals surface area (Å²) in [5.41, 5.74) is 0.963. The number of aryl methyl sites for hydroxylation is 1. The number of carboxylic acid groups (broad SMARTS) is 1. The van der Waals surface area contributed by atoms with Crippen molar-refractivity contribution in [2.75, 3.05) is 14.2 Å². The van der Waals surface area contributed by atoms with Crippen molar-refractivity contribution in [3.8, 4) is 0 Å². The van der Waals surface area contributed by atoms with Crippen LogP contribution in [0.3, 0.4) is 0 Å². The Morgan fingerprint density at radius 3 is 1.81 bits per heavy atom. The van der Waals surface area contributed by atoms with E-state index in [1.165, 1.54) is 37.4 Å². The molecule has 174 valence electrons. The third kappa shape index (κ3) is 14.3. The molecule has 0 spiro atoms. The maximum Gasteiger partial charge on any atom is 0.394 e. The van der Waals surface area contributed by atoms with Crippen molar-refractivity contribution in [3.05, 3.63) is 65.8 Å². The van der Waals surface area contributed by atoms with Gasteiger partial charge in [-0.25, -0.2) is 18.4 Å². The minimum atomic E-state index is -4.67. The fraction of sp³-hybridized carbons (Fsp3) is 0.176. The van der Waals surface area contributed by atoms with Gasteiger partial charge in [-0.3, -0.25) is 9.11 Å². The van der Waals surface area contributed by atoms with Gasteiger partial charge >= 0.3 is 22.3 Å². The number of carbonyl (C=O) groups excluding carboxylic acids is 1. The Labute approximate surface area is 204 Å². The first-order valence-corrected chi connectivity index (χ1v) is 11.1. The highest BCUT2D eigenvalue weighted by atomic mass is 127. The number of carbonyl (C=O) groups is 2. The molecule has 0 aromatic heterocycles. The van der Waals surface area contributed by atoms with Gasteiger partial charge in [-0.05, 0) is 88.0 Å². The van der Waals surface area contributed by atoms with Crippen LogP contribution in [0.25, 0.3) is 0 Å². The number of methoxy groups -OCH3 is 1. The van der Waals surface area contributed by atoms with Gasteiger partial charge in [0.25, 0.3) is 0 Å². The molecular weight excluding hydrogens is 672 g/mol. The van der Waals surface area contributed by atoms with Crippen LogP contribution < -0.4 is 0 Å². The Morgan fingerprint density at radius 2 is 1.42 bits per heavy atom. The summed E-state index contributed by atoms with van der Waals surface area (Å²) < 4.78 is 62.3. The number of benzene rings is 2. The summed E-state index contributed by atoms with van der Waals surface area (Å²) in [4.78, 5) is 21.5. The van der Waals surface area contributed by atoms with Crippen molar-refractivity contribution in [2.24, 2.45) is 0 Å². The summed E-state index contributed by atoms with van der Waals surface area (Å²) in [7, 11) is -2.38. The van der Waals surface area contributed by atoms with E-state index in [0.29, 0.717) is 18.3 Å². The van der Waals surface area contributed by atoms with Crippen LogP contribution in [0.5, 0.6) is 0 Å². The van der Waals surface area contributed by atoms with Crippen LogP contribution >= 0.6 is 45.2 Å². The van der Waals surface area contributed by atoms with Crippen LogP contribution in [-0.4, -0.2) is 53.9 Å². The number of esters is 1. The molecule has 2 aromatic rings.